The van der Waals surface area contributed by atoms with E-state index in [4.69, 9.17) is 9.84 Å². The van der Waals surface area contributed by atoms with Gasteiger partial charge in [0.2, 0.25) is 5.91 Å². The minimum atomic E-state index is -0.933. The summed E-state index contributed by atoms with van der Waals surface area (Å²) >= 11 is 0. The molecule has 7 nitrogen and oxygen atoms in total. The summed E-state index contributed by atoms with van der Waals surface area (Å²) in [6, 6.07) is 11.2. The van der Waals surface area contributed by atoms with Gasteiger partial charge in [-0.25, -0.2) is 0 Å². The normalized spacial score (nSPS) is 15.7. The van der Waals surface area contributed by atoms with Crippen LogP contribution < -0.4 is 10.1 Å². The van der Waals surface area contributed by atoms with Crippen LogP contribution in [0.15, 0.2) is 36.4 Å². The van der Waals surface area contributed by atoms with Gasteiger partial charge in [0.25, 0.3) is 5.91 Å². The van der Waals surface area contributed by atoms with Gasteiger partial charge in [-0.2, -0.15) is 0 Å². The van der Waals surface area contributed by atoms with Crippen molar-refractivity contribution >= 4 is 28.6 Å². The molecule has 2 aromatic carbocycles. The number of rotatable bonds is 6. The molecule has 1 heterocycles. The number of methoxy groups -OCH3 is 1. The number of ether oxygens (including phenoxy) is 1. The third-order valence-electron chi connectivity index (χ3n) is 5.49. The highest BCUT2D eigenvalue weighted by atomic mass is 16.5. The summed E-state index contributed by atoms with van der Waals surface area (Å²) < 4.78 is 5.40. The van der Waals surface area contributed by atoms with Crippen LogP contribution >= 0.6 is 0 Å². The second kappa shape index (κ2) is 8.94. The average molecular weight is 398 g/mol. The van der Waals surface area contributed by atoms with Gasteiger partial charge in [0, 0.05) is 36.5 Å². The van der Waals surface area contributed by atoms with E-state index < -0.39 is 11.9 Å². The first kappa shape index (κ1) is 20.6. The smallest absolute Gasteiger partial charge is 0.308 e. The minimum Gasteiger partial charge on any atom is -0.496 e. The van der Waals surface area contributed by atoms with Gasteiger partial charge < -0.3 is 20.1 Å². The summed E-state index contributed by atoms with van der Waals surface area (Å²) in [6.07, 6.45) is 1.13. The lowest BCUT2D eigenvalue weighted by atomic mass is 9.94. The molecule has 2 aromatic rings. The fourth-order valence-corrected chi connectivity index (χ4v) is 3.64. The molecular formula is C22H26N2O5. The van der Waals surface area contributed by atoms with Gasteiger partial charge in [0.05, 0.1) is 13.0 Å². The lowest BCUT2D eigenvalue weighted by molar-refractivity contribution is -0.141. The molecule has 1 aliphatic rings. The number of aliphatic carboxylic acids is 1. The van der Waals surface area contributed by atoms with Crippen LogP contribution in [0, 0.1) is 11.8 Å². The van der Waals surface area contributed by atoms with E-state index >= 15 is 0 Å². The monoisotopic (exact) mass is 398 g/mol. The Morgan fingerprint density at radius 1 is 1.14 bits per heavy atom. The largest absolute Gasteiger partial charge is 0.496 e. The molecular weight excluding hydrogens is 372 g/mol. The number of nitrogens with zero attached hydrogens (tertiary/aromatic N) is 1. The van der Waals surface area contributed by atoms with Crippen LogP contribution in [0.25, 0.3) is 10.8 Å². The lowest BCUT2D eigenvalue weighted by Gasteiger charge is -2.32. The fourth-order valence-electron chi connectivity index (χ4n) is 3.64. The standard InChI is InChI=1S/C22H26N2O5/c1-14(22(27)28)13-23-20(25)15-9-11-24(12-10-15)21(26)18-7-8-19(29-2)17-6-4-3-5-16(17)18/h3-8,14-15H,9-13H2,1-2H3,(H,23,25)(H,27,28). The topological polar surface area (TPSA) is 95.9 Å². The fraction of sp³-hybridized carbons (Fsp3) is 0.409. The first-order chi connectivity index (χ1) is 13.9. The summed E-state index contributed by atoms with van der Waals surface area (Å²) in [4.78, 5) is 38.0. The summed E-state index contributed by atoms with van der Waals surface area (Å²) in [5, 5.41) is 13.4. The van der Waals surface area contributed by atoms with Gasteiger partial charge >= 0.3 is 5.97 Å². The molecule has 1 aliphatic heterocycles. The van der Waals surface area contributed by atoms with Gasteiger partial charge in [-0.3, -0.25) is 14.4 Å². The average Bonchev–Trinajstić information content (AvgIpc) is 2.75. The molecule has 0 aromatic heterocycles. The number of carbonyl (C=O) groups is 3. The number of nitrogens with one attached hydrogen (secondary N) is 1. The van der Waals surface area contributed by atoms with Gasteiger partial charge in [-0.1, -0.05) is 31.2 Å². The van der Waals surface area contributed by atoms with E-state index in [0.717, 1.165) is 16.5 Å². The van der Waals surface area contributed by atoms with Crippen molar-refractivity contribution in [1.82, 2.24) is 10.2 Å². The Bertz CT molecular complexity index is 919. The molecule has 3 rings (SSSR count). The number of likely N-dealkylation sites (tertiary alicyclic amines) is 1. The van der Waals surface area contributed by atoms with Crippen LogP contribution in [-0.4, -0.2) is 54.5 Å². The second-order valence-corrected chi connectivity index (χ2v) is 7.41. The van der Waals surface area contributed by atoms with E-state index in [2.05, 4.69) is 5.32 Å². The number of benzene rings is 2. The second-order valence-electron chi connectivity index (χ2n) is 7.41. The zero-order valence-electron chi connectivity index (χ0n) is 16.7. The summed E-state index contributed by atoms with van der Waals surface area (Å²) in [6.45, 7) is 2.66. The van der Waals surface area contributed by atoms with Crippen molar-refractivity contribution in [2.45, 2.75) is 19.8 Å². The van der Waals surface area contributed by atoms with E-state index in [0.29, 0.717) is 31.5 Å². The molecule has 0 bridgehead atoms. The van der Waals surface area contributed by atoms with Crippen molar-refractivity contribution in [3.8, 4) is 5.75 Å². The first-order valence-corrected chi connectivity index (χ1v) is 9.78. The number of piperidine rings is 1. The zero-order chi connectivity index (χ0) is 21.0. The van der Waals surface area contributed by atoms with Crippen molar-refractivity contribution in [3.05, 3.63) is 42.0 Å². The van der Waals surface area contributed by atoms with Crippen molar-refractivity contribution in [3.63, 3.8) is 0 Å². The molecule has 0 saturated carbocycles. The Labute approximate surface area is 169 Å². The number of carbonyl (C=O) groups excluding carboxylic acids is 2. The number of carboxylic acids is 1. The van der Waals surface area contributed by atoms with Gasteiger partial charge in [0.1, 0.15) is 5.75 Å². The third kappa shape index (κ3) is 4.50. The van der Waals surface area contributed by atoms with Crippen LogP contribution in [0.3, 0.4) is 0 Å². The SMILES string of the molecule is COc1ccc(C(=O)N2CCC(C(=O)NCC(C)C(=O)O)CC2)c2ccccc12. The Balaban J connectivity index is 1.64. The highest BCUT2D eigenvalue weighted by molar-refractivity contribution is 6.08. The van der Waals surface area contributed by atoms with Crippen molar-refractivity contribution < 1.29 is 24.2 Å². The van der Waals surface area contributed by atoms with E-state index in [1.807, 2.05) is 24.3 Å². The highest BCUT2D eigenvalue weighted by Gasteiger charge is 2.29. The number of fused-ring (bicyclic) bond motifs is 1. The first-order valence-electron chi connectivity index (χ1n) is 9.78. The van der Waals surface area contributed by atoms with E-state index in [9.17, 15) is 14.4 Å². The van der Waals surface area contributed by atoms with Gasteiger partial charge in [0.15, 0.2) is 0 Å². The van der Waals surface area contributed by atoms with E-state index in [1.54, 1.807) is 31.1 Å². The van der Waals surface area contributed by atoms with Crippen LogP contribution in [-0.2, 0) is 9.59 Å². The van der Waals surface area contributed by atoms with Gasteiger partial charge in [-0.05, 0) is 30.4 Å². The Morgan fingerprint density at radius 2 is 1.79 bits per heavy atom. The molecule has 7 heteroatoms. The third-order valence-corrected chi connectivity index (χ3v) is 5.49. The van der Waals surface area contributed by atoms with Gasteiger partial charge in [-0.15, -0.1) is 0 Å². The summed E-state index contributed by atoms with van der Waals surface area (Å²) in [5.74, 6) is -1.22. The molecule has 0 spiro atoms. The Morgan fingerprint density at radius 3 is 2.41 bits per heavy atom. The van der Waals surface area contributed by atoms with Crippen LogP contribution in [0.5, 0.6) is 5.75 Å². The maximum Gasteiger partial charge on any atom is 0.308 e. The molecule has 29 heavy (non-hydrogen) atoms. The zero-order valence-corrected chi connectivity index (χ0v) is 16.7. The van der Waals surface area contributed by atoms with E-state index in [1.165, 1.54) is 0 Å². The molecule has 154 valence electrons. The summed E-state index contributed by atoms with van der Waals surface area (Å²) in [5.41, 5.74) is 0.625. The molecule has 1 fully saturated rings. The van der Waals surface area contributed by atoms with Crippen LogP contribution in [0.2, 0.25) is 0 Å². The summed E-state index contributed by atoms with van der Waals surface area (Å²) in [7, 11) is 1.61. The quantitative estimate of drug-likeness (QED) is 0.780. The van der Waals surface area contributed by atoms with Crippen molar-refractivity contribution in [1.29, 1.82) is 0 Å². The lowest BCUT2D eigenvalue weighted by Crippen LogP contribution is -2.44. The Kier molecular flexibility index (Phi) is 6.36. The maximum absolute atomic E-state index is 13.1. The minimum absolute atomic E-state index is 0.0535. The number of carboxylic acid groups (broad SMARTS) is 1. The number of hydrogen-bond donors (Lipinski definition) is 2. The number of amides is 2. The highest BCUT2D eigenvalue weighted by Crippen LogP contribution is 2.30. The molecule has 1 unspecified atom stereocenters. The van der Waals surface area contributed by atoms with E-state index in [-0.39, 0.29) is 24.3 Å². The predicted octanol–water partition coefficient (Wildman–Crippen LogP) is 2.54. The van der Waals surface area contributed by atoms with Crippen molar-refractivity contribution in [2.24, 2.45) is 11.8 Å². The van der Waals surface area contributed by atoms with Crippen molar-refractivity contribution in [2.75, 3.05) is 26.7 Å². The van der Waals surface area contributed by atoms with Crippen LogP contribution in [0.4, 0.5) is 0 Å². The molecule has 2 amide bonds. The molecule has 2 N–H and O–H groups in total. The number of hydrogen-bond acceptors (Lipinski definition) is 4. The molecule has 0 aliphatic carbocycles. The Hall–Kier alpha value is -3.09. The molecule has 1 atom stereocenters. The maximum atomic E-state index is 13.1. The molecule has 1 saturated heterocycles. The van der Waals surface area contributed by atoms with Crippen LogP contribution in [0.1, 0.15) is 30.1 Å². The molecule has 0 radical (unpaired) electrons. The predicted molar refractivity (Wildman–Crippen MR) is 109 cm³/mol.